The summed E-state index contributed by atoms with van der Waals surface area (Å²) in [6, 6.07) is 2.74. The molecule has 5 heteroatoms. The second-order valence-corrected chi connectivity index (χ2v) is 4.85. The van der Waals surface area contributed by atoms with Crippen molar-refractivity contribution in [2.24, 2.45) is 0 Å². The van der Waals surface area contributed by atoms with Crippen molar-refractivity contribution in [3.8, 4) is 5.75 Å². The molecule has 1 aromatic rings. The fourth-order valence-corrected chi connectivity index (χ4v) is 1.14. The van der Waals surface area contributed by atoms with Crippen LogP contribution in [0.2, 0.25) is 5.31 Å². The fourth-order valence-electron chi connectivity index (χ4n) is 1.14. The maximum Gasteiger partial charge on any atom is 0.222 e. The SMILES string of the molecule is BC(C)(C)C(=O)Nc1cc(C)cc(F)c1O. The number of anilines is 1. The molecule has 1 amide bonds. The van der Waals surface area contributed by atoms with E-state index in [9.17, 15) is 14.3 Å². The van der Waals surface area contributed by atoms with Gasteiger partial charge < -0.3 is 10.4 Å². The van der Waals surface area contributed by atoms with Gasteiger partial charge in [0.1, 0.15) is 7.85 Å². The third-order valence-corrected chi connectivity index (χ3v) is 2.14. The number of carbonyl (C=O) groups is 1. The van der Waals surface area contributed by atoms with Crippen LogP contribution >= 0.6 is 0 Å². The number of hydrogen-bond donors (Lipinski definition) is 2. The molecule has 0 heterocycles. The highest BCUT2D eigenvalue weighted by atomic mass is 19.1. The van der Waals surface area contributed by atoms with Gasteiger partial charge in [0.05, 0.1) is 5.69 Å². The van der Waals surface area contributed by atoms with Gasteiger partial charge in [0.25, 0.3) is 0 Å². The number of nitrogens with one attached hydrogen (secondary N) is 1. The van der Waals surface area contributed by atoms with Gasteiger partial charge in [-0.05, 0) is 24.6 Å². The molecular weight excluding hydrogens is 208 g/mol. The van der Waals surface area contributed by atoms with E-state index < -0.39 is 16.9 Å². The Morgan fingerprint density at radius 1 is 1.50 bits per heavy atom. The highest BCUT2D eigenvalue weighted by Gasteiger charge is 2.22. The first kappa shape index (κ1) is 12.6. The lowest BCUT2D eigenvalue weighted by molar-refractivity contribution is -0.118. The van der Waals surface area contributed by atoms with Crippen LogP contribution in [0.1, 0.15) is 19.4 Å². The molecule has 16 heavy (non-hydrogen) atoms. The van der Waals surface area contributed by atoms with Gasteiger partial charge in [0.15, 0.2) is 11.6 Å². The lowest BCUT2D eigenvalue weighted by Crippen LogP contribution is -2.25. The lowest BCUT2D eigenvalue weighted by atomic mass is 9.72. The summed E-state index contributed by atoms with van der Waals surface area (Å²) in [5.41, 5.74) is 0.747. The fraction of sp³-hybridized carbons (Fsp3) is 0.364. The topological polar surface area (TPSA) is 49.3 Å². The molecule has 0 fully saturated rings. The van der Waals surface area contributed by atoms with Crippen LogP contribution in [0.3, 0.4) is 0 Å². The number of phenols is 1. The number of aromatic hydroxyl groups is 1. The van der Waals surface area contributed by atoms with Crippen LogP contribution in [0, 0.1) is 12.7 Å². The number of phenolic OH excluding ortho intramolecular Hbond substituents is 1. The van der Waals surface area contributed by atoms with E-state index in [2.05, 4.69) is 5.32 Å². The Bertz CT molecular complexity index is 427. The summed E-state index contributed by atoms with van der Waals surface area (Å²) in [5, 5.41) is 11.4. The predicted molar refractivity (Wildman–Crippen MR) is 64.0 cm³/mol. The Morgan fingerprint density at radius 2 is 2.06 bits per heavy atom. The summed E-state index contributed by atoms with van der Waals surface area (Å²) in [5.74, 6) is -1.53. The highest BCUT2D eigenvalue weighted by Crippen LogP contribution is 2.30. The van der Waals surface area contributed by atoms with Gasteiger partial charge in [-0.2, -0.15) is 0 Å². The molecular formula is C11H15BFNO2. The summed E-state index contributed by atoms with van der Waals surface area (Å²) >= 11 is 0. The minimum Gasteiger partial charge on any atom is -0.503 e. The molecule has 0 saturated heterocycles. The Kier molecular flexibility index (Phi) is 3.26. The van der Waals surface area contributed by atoms with Crippen LogP contribution in [-0.4, -0.2) is 18.9 Å². The molecule has 0 atom stereocenters. The molecule has 0 aliphatic heterocycles. The minimum absolute atomic E-state index is 0.109. The van der Waals surface area contributed by atoms with Gasteiger partial charge in [-0.1, -0.05) is 13.8 Å². The van der Waals surface area contributed by atoms with Crippen molar-refractivity contribution < 1.29 is 14.3 Å². The Hall–Kier alpha value is -1.52. The van der Waals surface area contributed by atoms with Gasteiger partial charge in [0, 0.05) is 5.31 Å². The van der Waals surface area contributed by atoms with Crippen molar-refractivity contribution in [1.29, 1.82) is 0 Å². The van der Waals surface area contributed by atoms with Crippen molar-refractivity contribution >= 4 is 19.4 Å². The van der Waals surface area contributed by atoms with Crippen LogP contribution in [0.4, 0.5) is 10.1 Å². The van der Waals surface area contributed by atoms with Gasteiger partial charge in [-0.25, -0.2) is 4.39 Å². The van der Waals surface area contributed by atoms with Crippen molar-refractivity contribution in [2.75, 3.05) is 5.32 Å². The summed E-state index contributed by atoms with van der Waals surface area (Å²) in [7, 11) is 1.74. The first-order chi connectivity index (χ1) is 7.21. The van der Waals surface area contributed by atoms with E-state index in [1.807, 2.05) is 0 Å². The zero-order valence-electron chi connectivity index (χ0n) is 9.89. The molecule has 1 rings (SSSR count). The molecule has 0 unspecified atom stereocenters. The molecule has 86 valence electrons. The number of hydrogen-bond acceptors (Lipinski definition) is 2. The summed E-state index contributed by atoms with van der Waals surface area (Å²) in [4.78, 5) is 11.7. The van der Waals surface area contributed by atoms with E-state index in [-0.39, 0.29) is 11.6 Å². The normalized spacial score (nSPS) is 11.2. The molecule has 0 bridgehead atoms. The molecule has 0 aliphatic rings. The van der Waals surface area contributed by atoms with E-state index in [0.29, 0.717) is 5.56 Å². The maximum absolute atomic E-state index is 13.2. The molecule has 1 aromatic carbocycles. The van der Waals surface area contributed by atoms with Crippen LogP contribution in [0.5, 0.6) is 5.75 Å². The Balaban J connectivity index is 3.03. The monoisotopic (exact) mass is 223 g/mol. The zero-order chi connectivity index (χ0) is 12.5. The molecule has 0 spiro atoms. The van der Waals surface area contributed by atoms with E-state index in [0.717, 1.165) is 0 Å². The van der Waals surface area contributed by atoms with Gasteiger partial charge in [0.2, 0.25) is 5.91 Å². The molecule has 3 nitrogen and oxygen atoms in total. The molecule has 0 aliphatic carbocycles. The minimum atomic E-state index is -0.732. The van der Waals surface area contributed by atoms with Crippen molar-refractivity contribution in [3.05, 3.63) is 23.5 Å². The maximum atomic E-state index is 13.2. The Labute approximate surface area is 95.1 Å². The largest absolute Gasteiger partial charge is 0.503 e. The number of benzene rings is 1. The smallest absolute Gasteiger partial charge is 0.222 e. The van der Waals surface area contributed by atoms with Gasteiger partial charge in [-0.15, -0.1) is 0 Å². The third kappa shape index (κ3) is 2.75. The summed E-state index contributed by atoms with van der Waals surface area (Å²) in [6.07, 6.45) is 0. The summed E-state index contributed by atoms with van der Waals surface area (Å²) < 4.78 is 13.2. The number of halogens is 1. The van der Waals surface area contributed by atoms with E-state index in [1.165, 1.54) is 12.1 Å². The second kappa shape index (κ2) is 4.16. The molecule has 0 aromatic heterocycles. The van der Waals surface area contributed by atoms with E-state index in [1.54, 1.807) is 28.6 Å². The molecule has 0 radical (unpaired) electrons. The van der Waals surface area contributed by atoms with Crippen molar-refractivity contribution in [3.63, 3.8) is 0 Å². The highest BCUT2D eigenvalue weighted by molar-refractivity contribution is 6.29. The predicted octanol–water partition coefficient (Wildman–Crippen LogP) is 1.61. The quantitative estimate of drug-likeness (QED) is 0.591. The van der Waals surface area contributed by atoms with Crippen molar-refractivity contribution in [2.45, 2.75) is 26.1 Å². The molecule has 2 N–H and O–H groups in total. The second-order valence-electron chi connectivity index (χ2n) is 4.85. The van der Waals surface area contributed by atoms with Crippen LogP contribution in [-0.2, 0) is 4.79 Å². The van der Waals surface area contributed by atoms with Gasteiger partial charge >= 0.3 is 0 Å². The number of rotatable bonds is 2. The first-order valence-electron chi connectivity index (χ1n) is 5.02. The van der Waals surface area contributed by atoms with Crippen LogP contribution in [0.15, 0.2) is 12.1 Å². The average Bonchev–Trinajstić information content (AvgIpc) is 2.11. The van der Waals surface area contributed by atoms with Crippen LogP contribution in [0.25, 0.3) is 0 Å². The van der Waals surface area contributed by atoms with E-state index >= 15 is 0 Å². The van der Waals surface area contributed by atoms with Crippen LogP contribution < -0.4 is 5.32 Å². The van der Waals surface area contributed by atoms with Gasteiger partial charge in [-0.3, -0.25) is 4.79 Å². The first-order valence-corrected chi connectivity index (χ1v) is 5.02. The number of amides is 1. The average molecular weight is 223 g/mol. The molecule has 0 saturated carbocycles. The lowest BCUT2D eigenvalue weighted by Gasteiger charge is -2.18. The Morgan fingerprint density at radius 3 is 2.56 bits per heavy atom. The number of carbonyl (C=O) groups excluding carboxylic acids is 1. The zero-order valence-corrected chi connectivity index (χ0v) is 9.89. The van der Waals surface area contributed by atoms with Crippen molar-refractivity contribution in [1.82, 2.24) is 0 Å². The summed E-state index contributed by atoms with van der Waals surface area (Å²) in [6.45, 7) is 5.17. The number of aryl methyl sites for hydroxylation is 1. The standard InChI is InChI=1S/C11H15BFNO2/c1-6-4-7(13)9(15)8(5-6)14-10(16)11(2,3)12/h4-5,15H,12H2,1-3H3,(H,14,16). The van der Waals surface area contributed by atoms with E-state index in [4.69, 9.17) is 0 Å². The third-order valence-electron chi connectivity index (χ3n) is 2.14.